The molecule has 1 aromatic carbocycles. The summed E-state index contributed by atoms with van der Waals surface area (Å²) in [6.07, 6.45) is -0.239. The van der Waals surface area contributed by atoms with Crippen LogP contribution in [0.1, 0.15) is 17.3 Å². The molecule has 5 heteroatoms. The normalized spacial score (nSPS) is 24.4. The third-order valence-electron chi connectivity index (χ3n) is 3.35. The fraction of sp³-hybridized carbons (Fsp3) is 0.500. The summed E-state index contributed by atoms with van der Waals surface area (Å²) in [5.41, 5.74) is 0.501. The van der Waals surface area contributed by atoms with Gasteiger partial charge in [-0.15, -0.1) is 0 Å². The van der Waals surface area contributed by atoms with Crippen molar-refractivity contribution in [2.24, 2.45) is 0 Å². The van der Waals surface area contributed by atoms with Crippen LogP contribution >= 0.6 is 0 Å². The summed E-state index contributed by atoms with van der Waals surface area (Å²) in [7, 11) is 0. The zero-order valence-electron chi connectivity index (χ0n) is 10.9. The van der Waals surface area contributed by atoms with Crippen LogP contribution in [-0.4, -0.2) is 54.2 Å². The molecule has 4 nitrogen and oxygen atoms in total. The van der Waals surface area contributed by atoms with Gasteiger partial charge in [-0.05, 0) is 31.2 Å². The number of ether oxygens (including phenoxy) is 1. The van der Waals surface area contributed by atoms with E-state index in [4.69, 9.17) is 9.84 Å². The molecule has 0 amide bonds. The molecule has 2 atom stereocenters. The lowest BCUT2D eigenvalue weighted by Crippen LogP contribution is -2.51. The van der Waals surface area contributed by atoms with Crippen molar-refractivity contribution in [2.75, 3.05) is 26.3 Å². The Labute approximate surface area is 111 Å². The van der Waals surface area contributed by atoms with E-state index in [1.807, 2.05) is 11.8 Å². The highest BCUT2D eigenvalue weighted by Crippen LogP contribution is 2.13. The average molecular weight is 267 g/mol. The van der Waals surface area contributed by atoms with Crippen molar-refractivity contribution in [1.29, 1.82) is 0 Å². The van der Waals surface area contributed by atoms with E-state index in [0.717, 1.165) is 0 Å². The van der Waals surface area contributed by atoms with E-state index < -0.39 is 0 Å². The zero-order chi connectivity index (χ0) is 13.8. The lowest BCUT2D eigenvalue weighted by molar-refractivity contribution is -0.0747. The molecule has 0 aromatic heterocycles. The molecule has 1 heterocycles. The van der Waals surface area contributed by atoms with Crippen molar-refractivity contribution in [3.63, 3.8) is 0 Å². The number of aliphatic hydroxyl groups is 1. The van der Waals surface area contributed by atoms with Gasteiger partial charge in [-0.2, -0.15) is 0 Å². The number of hydrogen-bond acceptors (Lipinski definition) is 4. The minimum Gasteiger partial charge on any atom is -0.394 e. The Balaban J connectivity index is 1.99. The zero-order valence-corrected chi connectivity index (χ0v) is 10.9. The maximum absolute atomic E-state index is 12.8. The van der Waals surface area contributed by atoms with Gasteiger partial charge in [0.1, 0.15) is 5.82 Å². The second-order valence-corrected chi connectivity index (χ2v) is 4.85. The molecule has 0 aliphatic carbocycles. The number of aliphatic hydroxyl groups excluding tert-OH is 1. The molecule has 0 radical (unpaired) electrons. The van der Waals surface area contributed by atoms with Crippen LogP contribution in [0.3, 0.4) is 0 Å². The van der Waals surface area contributed by atoms with Gasteiger partial charge in [0.25, 0.3) is 0 Å². The minimum absolute atomic E-state index is 0.0477. The molecule has 1 aliphatic heterocycles. The van der Waals surface area contributed by atoms with E-state index in [9.17, 15) is 9.18 Å². The maximum atomic E-state index is 12.8. The van der Waals surface area contributed by atoms with Crippen molar-refractivity contribution in [3.05, 3.63) is 35.6 Å². The van der Waals surface area contributed by atoms with Crippen molar-refractivity contribution < 1.29 is 19.0 Å². The molecule has 1 saturated heterocycles. The number of carbonyl (C=O) groups excluding carboxylic acids is 1. The third kappa shape index (κ3) is 3.59. The number of hydrogen-bond donors (Lipinski definition) is 1. The average Bonchev–Trinajstić information content (AvgIpc) is 2.42. The van der Waals surface area contributed by atoms with Gasteiger partial charge in [0, 0.05) is 18.2 Å². The van der Waals surface area contributed by atoms with Gasteiger partial charge in [0.15, 0.2) is 5.78 Å². The van der Waals surface area contributed by atoms with Gasteiger partial charge in [-0.3, -0.25) is 9.69 Å². The highest BCUT2D eigenvalue weighted by molar-refractivity contribution is 5.97. The minimum atomic E-state index is -0.350. The molecule has 0 spiro atoms. The van der Waals surface area contributed by atoms with E-state index in [1.54, 1.807) is 0 Å². The summed E-state index contributed by atoms with van der Waals surface area (Å²) in [5.74, 6) is -0.401. The number of benzene rings is 1. The molecule has 19 heavy (non-hydrogen) atoms. The lowest BCUT2D eigenvalue weighted by Gasteiger charge is -2.36. The Kier molecular flexibility index (Phi) is 4.63. The quantitative estimate of drug-likeness (QED) is 0.830. The van der Waals surface area contributed by atoms with Crippen LogP contribution in [0, 0.1) is 5.82 Å². The molecule has 1 N–H and O–H groups in total. The van der Waals surface area contributed by atoms with Gasteiger partial charge < -0.3 is 9.84 Å². The van der Waals surface area contributed by atoms with E-state index in [0.29, 0.717) is 18.7 Å². The summed E-state index contributed by atoms with van der Waals surface area (Å²) in [4.78, 5) is 14.1. The smallest absolute Gasteiger partial charge is 0.176 e. The summed E-state index contributed by atoms with van der Waals surface area (Å²) in [5, 5.41) is 9.10. The molecule has 0 bridgehead atoms. The number of nitrogens with zero attached hydrogens (tertiary/aromatic N) is 1. The summed E-state index contributed by atoms with van der Waals surface area (Å²) < 4.78 is 18.2. The molecule has 104 valence electrons. The SMILES string of the molecule is CC1COC(CO)CN1CC(=O)c1ccc(F)cc1. The van der Waals surface area contributed by atoms with Crippen LogP contribution in [-0.2, 0) is 4.74 Å². The van der Waals surface area contributed by atoms with Crippen LogP contribution in [0.25, 0.3) is 0 Å². The second-order valence-electron chi connectivity index (χ2n) is 4.85. The number of Topliss-reactive ketones (excluding diaryl/α,β-unsaturated/α-hetero) is 1. The highest BCUT2D eigenvalue weighted by atomic mass is 19.1. The molecule has 1 aliphatic rings. The fourth-order valence-electron chi connectivity index (χ4n) is 2.12. The first-order chi connectivity index (χ1) is 9.10. The predicted molar refractivity (Wildman–Crippen MR) is 68.6 cm³/mol. The highest BCUT2D eigenvalue weighted by Gasteiger charge is 2.27. The summed E-state index contributed by atoms with van der Waals surface area (Å²) in [6.45, 7) is 3.22. The first kappa shape index (κ1) is 14.1. The van der Waals surface area contributed by atoms with Crippen LogP contribution in [0.4, 0.5) is 4.39 Å². The van der Waals surface area contributed by atoms with Crippen molar-refractivity contribution >= 4 is 5.78 Å². The molecular weight excluding hydrogens is 249 g/mol. The number of morpholine rings is 1. The van der Waals surface area contributed by atoms with Gasteiger partial charge in [-0.25, -0.2) is 4.39 Å². The van der Waals surface area contributed by atoms with Crippen LogP contribution in [0.15, 0.2) is 24.3 Å². The largest absolute Gasteiger partial charge is 0.394 e. The topological polar surface area (TPSA) is 49.8 Å². The van der Waals surface area contributed by atoms with Crippen molar-refractivity contribution in [3.8, 4) is 0 Å². The van der Waals surface area contributed by atoms with Gasteiger partial charge in [0.05, 0.1) is 25.9 Å². The Morgan fingerprint density at radius 1 is 1.47 bits per heavy atom. The Bertz CT molecular complexity index is 435. The number of carbonyl (C=O) groups is 1. The standard InChI is InChI=1S/C14H18FNO3/c1-10-9-19-13(8-17)6-16(10)7-14(18)11-2-4-12(15)5-3-11/h2-5,10,13,17H,6-9H2,1H3. The van der Waals surface area contributed by atoms with Crippen molar-refractivity contribution in [2.45, 2.75) is 19.1 Å². The van der Waals surface area contributed by atoms with E-state index in [1.165, 1.54) is 24.3 Å². The predicted octanol–water partition coefficient (Wildman–Crippen LogP) is 1.09. The van der Waals surface area contributed by atoms with Gasteiger partial charge >= 0.3 is 0 Å². The molecule has 2 unspecified atom stereocenters. The Morgan fingerprint density at radius 3 is 2.79 bits per heavy atom. The number of halogens is 1. The molecule has 1 aromatic rings. The Hall–Kier alpha value is -1.30. The number of rotatable bonds is 4. The molecule has 0 saturated carbocycles. The van der Waals surface area contributed by atoms with E-state index in [2.05, 4.69) is 0 Å². The Morgan fingerprint density at radius 2 is 2.16 bits per heavy atom. The first-order valence-corrected chi connectivity index (χ1v) is 6.35. The van der Waals surface area contributed by atoms with Crippen LogP contribution in [0.5, 0.6) is 0 Å². The third-order valence-corrected chi connectivity index (χ3v) is 3.35. The number of ketones is 1. The molecule has 1 fully saturated rings. The van der Waals surface area contributed by atoms with Crippen LogP contribution in [0.2, 0.25) is 0 Å². The van der Waals surface area contributed by atoms with Gasteiger partial charge in [-0.1, -0.05) is 0 Å². The molecule has 2 rings (SSSR count). The van der Waals surface area contributed by atoms with E-state index >= 15 is 0 Å². The summed E-state index contributed by atoms with van der Waals surface area (Å²) in [6, 6.07) is 5.68. The van der Waals surface area contributed by atoms with E-state index in [-0.39, 0.29) is 36.9 Å². The maximum Gasteiger partial charge on any atom is 0.176 e. The summed E-state index contributed by atoms with van der Waals surface area (Å²) >= 11 is 0. The lowest BCUT2D eigenvalue weighted by atomic mass is 10.1. The van der Waals surface area contributed by atoms with Gasteiger partial charge in [0.2, 0.25) is 0 Å². The first-order valence-electron chi connectivity index (χ1n) is 6.35. The van der Waals surface area contributed by atoms with Crippen LogP contribution < -0.4 is 0 Å². The fourth-order valence-corrected chi connectivity index (χ4v) is 2.12. The molecular formula is C14H18FNO3. The van der Waals surface area contributed by atoms with Crippen molar-refractivity contribution in [1.82, 2.24) is 4.90 Å². The second kappa shape index (κ2) is 6.23. The monoisotopic (exact) mass is 267 g/mol.